The van der Waals surface area contributed by atoms with E-state index in [1.165, 1.54) is 10.8 Å². The van der Waals surface area contributed by atoms with Crippen molar-refractivity contribution in [3.63, 3.8) is 0 Å². The van der Waals surface area contributed by atoms with E-state index in [4.69, 9.17) is 0 Å². The van der Waals surface area contributed by atoms with Crippen LogP contribution in [-0.4, -0.2) is 21.0 Å². The second-order valence-electron chi connectivity index (χ2n) is 10.2. The van der Waals surface area contributed by atoms with E-state index >= 15 is 0 Å². The van der Waals surface area contributed by atoms with Gasteiger partial charge in [0.05, 0.1) is 0 Å². The molecule has 0 aliphatic rings. The molecule has 0 saturated carbocycles. The minimum atomic E-state index is -1.04. The molecule has 0 saturated heterocycles. The topological polar surface area (TPSA) is 63.1 Å². The number of pyridine rings is 2. The number of carbonyl (C=O) groups is 1. The second kappa shape index (κ2) is 14.5. The van der Waals surface area contributed by atoms with Gasteiger partial charge in [0.1, 0.15) is 5.69 Å². The third kappa shape index (κ3) is 7.47. The summed E-state index contributed by atoms with van der Waals surface area (Å²) in [5.74, 6) is -1.04. The first kappa shape index (κ1) is 31.2. The molecule has 0 spiro atoms. The minimum Gasteiger partial charge on any atom is -0.477 e. The average molecular weight is 760 g/mol. The fraction of sp³-hybridized carbons (Fsp3) is 0.0250. The number of fused-ring (bicyclic) bond motifs is 1. The van der Waals surface area contributed by atoms with E-state index in [-0.39, 0.29) is 25.8 Å². The zero-order valence-electron chi connectivity index (χ0n) is 24.4. The number of rotatable bonds is 5. The van der Waals surface area contributed by atoms with Gasteiger partial charge in [0.15, 0.2) is 0 Å². The number of aromatic nitrogens is 2. The SMILES string of the molecule is Cc1ccc(-c2cc(C(=O)O)nc(-c3[c-]cccc3)c2)cc1.[Ir+3].[c-]1c(-c2ccccn2)cccc1-c1[c-]ccc2ccccc12. The van der Waals surface area contributed by atoms with Crippen LogP contribution < -0.4 is 0 Å². The van der Waals surface area contributed by atoms with Crippen LogP contribution in [0, 0.1) is 25.1 Å². The van der Waals surface area contributed by atoms with Crippen molar-refractivity contribution in [3.8, 4) is 44.8 Å². The van der Waals surface area contributed by atoms with Gasteiger partial charge in [0.2, 0.25) is 0 Å². The zero-order valence-corrected chi connectivity index (χ0v) is 26.8. The van der Waals surface area contributed by atoms with Crippen LogP contribution in [0.5, 0.6) is 0 Å². The fourth-order valence-electron chi connectivity index (χ4n) is 4.92. The van der Waals surface area contributed by atoms with Crippen LogP contribution in [0.1, 0.15) is 16.1 Å². The average Bonchev–Trinajstić information content (AvgIpc) is 3.09. The van der Waals surface area contributed by atoms with Gasteiger partial charge in [0.25, 0.3) is 0 Å². The minimum absolute atomic E-state index is 0. The number of carboxylic acids is 1. The van der Waals surface area contributed by atoms with Gasteiger partial charge in [0, 0.05) is 11.9 Å². The Labute approximate surface area is 276 Å². The van der Waals surface area contributed by atoms with Gasteiger partial charge in [-0.2, -0.15) is 29.8 Å². The van der Waals surface area contributed by atoms with E-state index in [9.17, 15) is 9.90 Å². The van der Waals surface area contributed by atoms with Crippen molar-refractivity contribution in [1.82, 2.24) is 9.97 Å². The standard InChI is InChI=1S/C21H13N.C19H14NO2.Ir/c1-2-11-19-16(7-1)8-6-12-20(19)17-9-5-10-18(15-17)21-13-3-4-14-22-21;1-13-7-9-14(10-8-13)16-11-17(15-5-3-2-4-6-15)20-18(12-16)19(21)22;/h1-11,13-14H;2-5,7-12H,1H3,(H,21,22);/q-2;-1;+3. The summed E-state index contributed by atoms with van der Waals surface area (Å²) in [7, 11) is 0. The van der Waals surface area contributed by atoms with Gasteiger partial charge in [-0.3, -0.25) is 9.97 Å². The Morgan fingerprint density at radius 3 is 2.18 bits per heavy atom. The monoisotopic (exact) mass is 760 g/mol. The first-order valence-corrected chi connectivity index (χ1v) is 14.2. The number of hydrogen-bond donors (Lipinski definition) is 1. The molecule has 0 unspecified atom stereocenters. The Kier molecular flexibility index (Phi) is 10.1. The fourth-order valence-corrected chi connectivity index (χ4v) is 4.92. The number of aryl methyl sites for hydroxylation is 1. The van der Waals surface area contributed by atoms with E-state index in [1.807, 2.05) is 91.9 Å². The van der Waals surface area contributed by atoms with Gasteiger partial charge in [-0.05, 0) is 35.9 Å². The van der Waals surface area contributed by atoms with Crippen molar-refractivity contribution in [3.05, 3.63) is 169 Å². The maximum atomic E-state index is 11.3. The summed E-state index contributed by atoms with van der Waals surface area (Å²) in [6, 6.07) is 53.3. The largest absolute Gasteiger partial charge is 3.00 e. The van der Waals surface area contributed by atoms with Crippen LogP contribution in [0.15, 0.2) is 140 Å². The smallest absolute Gasteiger partial charge is 0.477 e. The molecule has 5 heteroatoms. The van der Waals surface area contributed by atoms with Gasteiger partial charge in [-0.1, -0.05) is 66.2 Å². The summed E-state index contributed by atoms with van der Waals surface area (Å²) in [5.41, 5.74) is 8.43. The van der Waals surface area contributed by atoms with E-state index < -0.39 is 5.97 Å². The summed E-state index contributed by atoms with van der Waals surface area (Å²) in [5, 5.41) is 11.7. The molecule has 5 aromatic carbocycles. The molecule has 4 nitrogen and oxygen atoms in total. The molecule has 0 atom stereocenters. The van der Waals surface area contributed by atoms with E-state index in [0.29, 0.717) is 5.69 Å². The third-order valence-corrected chi connectivity index (χ3v) is 7.14. The van der Waals surface area contributed by atoms with Crippen molar-refractivity contribution in [1.29, 1.82) is 0 Å². The molecular weight excluding hydrogens is 733 g/mol. The Morgan fingerprint density at radius 2 is 1.42 bits per heavy atom. The summed E-state index contributed by atoms with van der Waals surface area (Å²) >= 11 is 0. The maximum absolute atomic E-state index is 11.3. The van der Waals surface area contributed by atoms with E-state index in [0.717, 1.165) is 44.6 Å². The molecule has 0 radical (unpaired) electrons. The van der Waals surface area contributed by atoms with Gasteiger partial charge >= 0.3 is 26.1 Å². The molecule has 0 bridgehead atoms. The molecule has 0 amide bonds. The number of hydrogen-bond acceptors (Lipinski definition) is 3. The third-order valence-electron chi connectivity index (χ3n) is 7.14. The van der Waals surface area contributed by atoms with E-state index in [1.54, 1.807) is 18.3 Å². The zero-order chi connectivity index (χ0) is 30.3. The van der Waals surface area contributed by atoms with E-state index in [2.05, 4.69) is 64.6 Å². The summed E-state index contributed by atoms with van der Waals surface area (Å²) in [4.78, 5) is 20.0. The number of benzene rings is 5. The Hall–Kier alpha value is -5.22. The van der Waals surface area contributed by atoms with Crippen LogP contribution in [0.25, 0.3) is 55.5 Å². The molecular formula is C40H27IrN2O2. The first-order valence-electron chi connectivity index (χ1n) is 14.2. The Balaban J connectivity index is 0.000000174. The predicted molar refractivity (Wildman–Crippen MR) is 176 cm³/mol. The molecule has 45 heavy (non-hydrogen) atoms. The molecule has 2 aromatic heterocycles. The quantitative estimate of drug-likeness (QED) is 0.178. The molecule has 7 rings (SSSR count). The van der Waals surface area contributed by atoms with Crippen molar-refractivity contribution in [2.45, 2.75) is 6.92 Å². The van der Waals surface area contributed by atoms with Crippen molar-refractivity contribution in [2.24, 2.45) is 0 Å². The molecule has 0 aliphatic heterocycles. The number of nitrogens with zero attached hydrogens (tertiary/aromatic N) is 2. The molecule has 2 heterocycles. The normalized spacial score (nSPS) is 10.3. The molecule has 0 aliphatic carbocycles. The van der Waals surface area contributed by atoms with Gasteiger partial charge in [-0.15, -0.1) is 76.5 Å². The first-order chi connectivity index (χ1) is 21.5. The second-order valence-corrected chi connectivity index (χ2v) is 10.2. The van der Waals surface area contributed by atoms with Gasteiger partial charge < -0.3 is 5.11 Å². The van der Waals surface area contributed by atoms with Gasteiger partial charge in [-0.25, -0.2) is 10.4 Å². The summed E-state index contributed by atoms with van der Waals surface area (Å²) in [6.45, 7) is 2.02. The summed E-state index contributed by atoms with van der Waals surface area (Å²) < 4.78 is 0. The molecule has 0 fully saturated rings. The maximum Gasteiger partial charge on any atom is 3.00 e. The van der Waals surface area contributed by atoms with Crippen molar-refractivity contribution in [2.75, 3.05) is 0 Å². The van der Waals surface area contributed by atoms with Crippen LogP contribution >= 0.6 is 0 Å². The van der Waals surface area contributed by atoms with Crippen LogP contribution in [0.2, 0.25) is 0 Å². The van der Waals surface area contributed by atoms with Crippen LogP contribution in [-0.2, 0) is 20.1 Å². The van der Waals surface area contributed by atoms with Crippen LogP contribution in [0.4, 0.5) is 0 Å². The Morgan fingerprint density at radius 1 is 0.667 bits per heavy atom. The molecule has 1 N–H and O–H groups in total. The number of aromatic carboxylic acids is 1. The van der Waals surface area contributed by atoms with Crippen molar-refractivity contribution >= 4 is 16.7 Å². The summed E-state index contributed by atoms with van der Waals surface area (Å²) in [6.07, 6.45) is 1.81. The molecule has 218 valence electrons. The molecule has 7 aromatic rings. The number of carboxylic acid groups (broad SMARTS) is 1. The Bertz CT molecular complexity index is 2040. The predicted octanol–water partition coefficient (Wildman–Crippen LogP) is 9.39. The van der Waals surface area contributed by atoms with Crippen molar-refractivity contribution < 1.29 is 30.0 Å². The van der Waals surface area contributed by atoms with Crippen LogP contribution in [0.3, 0.4) is 0 Å².